The van der Waals surface area contributed by atoms with Crippen molar-refractivity contribution >= 4 is 23.2 Å². The van der Waals surface area contributed by atoms with Crippen LogP contribution in [-0.4, -0.2) is 27.7 Å². The lowest BCUT2D eigenvalue weighted by molar-refractivity contribution is 0.0591. The molecule has 7 heteroatoms. The van der Waals surface area contributed by atoms with E-state index in [2.05, 4.69) is 10.2 Å². The zero-order valence-corrected chi connectivity index (χ0v) is 12.4. The van der Waals surface area contributed by atoms with Crippen LogP contribution in [0.3, 0.4) is 0 Å². The minimum absolute atomic E-state index is 0.124. The molecule has 0 N–H and O–H groups in total. The van der Waals surface area contributed by atoms with Gasteiger partial charge in [0.25, 0.3) is 0 Å². The van der Waals surface area contributed by atoms with Crippen LogP contribution in [0.25, 0.3) is 5.65 Å². The molecule has 0 radical (unpaired) electrons. The molecule has 112 valence electrons. The molecule has 0 unspecified atom stereocenters. The van der Waals surface area contributed by atoms with E-state index >= 15 is 0 Å². The average Bonchev–Trinajstić information content (AvgIpc) is 2.96. The number of halogens is 1. The molecule has 0 aliphatic rings. The highest BCUT2D eigenvalue weighted by Gasteiger charge is 2.15. The van der Waals surface area contributed by atoms with E-state index in [1.165, 1.54) is 7.11 Å². The summed E-state index contributed by atoms with van der Waals surface area (Å²) in [5.41, 5.74) is 0.878. The van der Waals surface area contributed by atoms with Gasteiger partial charge in [0.15, 0.2) is 11.5 Å². The van der Waals surface area contributed by atoms with Crippen molar-refractivity contribution in [1.29, 1.82) is 0 Å². The molecule has 0 aliphatic heterocycles. The number of esters is 1. The van der Waals surface area contributed by atoms with Gasteiger partial charge in [0.1, 0.15) is 18.1 Å². The second-order valence-corrected chi connectivity index (χ2v) is 4.84. The highest BCUT2D eigenvalue weighted by molar-refractivity contribution is 6.32. The summed E-state index contributed by atoms with van der Waals surface area (Å²) in [6.45, 7) is 0.124. The van der Waals surface area contributed by atoms with Crippen molar-refractivity contribution in [2.24, 2.45) is 0 Å². The quantitative estimate of drug-likeness (QED) is 0.692. The maximum atomic E-state index is 11.8. The lowest BCUT2D eigenvalue weighted by Gasteiger charge is -2.08. The molecule has 6 nitrogen and oxygen atoms in total. The number of nitrogens with zero attached hydrogens (tertiary/aromatic N) is 3. The second kappa shape index (κ2) is 6.03. The van der Waals surface area contributed by atoms with Crippen molar-refractivity contribution in [2.45, 2.75) is 6.61 Å². The lowest BCUT2D eigenvalue weighted by Crippen LogP contribution is -2.11. The number of fused-ring (bicyclic) bond motifs is 1. The number of carbonyl (C=O) groups excluding carboxylic acids is 1. The Hall–Kier alpha value is -2.60. The first-order chi connectivity index (χ1) is 10.7. The largest absolute Gasteiger partial charge is 0.484 e. The molecule has 0 fully saturated rings. The number of para-hydroxylation sites is 1. The lowest BCUT2D eigenvalue weighted by atomic mass is 10.3. The third-order valence-corrected chi connectivity index (χ3v) is 3.40. The predicted octanol–water partition coefficient (Wildman–Crippen LogP) is 2.75. The van der Waals surface area contributed by atoms with E-state index in [1.54, 1.807) is 34.7 Å². The van der Waals surface area contributed by atoms with Crippen LogP contribution in [0.4, 0.5) is 0 Å². The molecule has 0 aliphatic carbocycles. The highest BCUT2D eigenvalue weighted by Crippen LogP contribution is 2.24. The van der Waals surface area contributed by atoms with E-state index in [0.717, 1.165) is 0 Å². The van der Waals surface area contributed by atoms with Gasteiger partial charge >= 0.3 is 5.97 Å². The van der Waals surface area contributed by atoms with Gasteiger partial charge in [0.2, 0.25) is 0 Å². The molecule has 2 aromatic heterocycles. The fourth-order valence-electron chi connectivity index (χ4n) is 2.06. The van der Waals surface area contributed by atoms with Gasteiger partial charge in [-0.25, -0.2) is 4.79 Å². The average molecular weight is 318 g/mol. The molecule has 0 atom stereocenters. The Morgan fingerprint density at radius 3 is 2.77 bits per heavy atom. The topological polar surface area (TPSA) is 65.7 Å². The smallest absolute Gasteiger partial charge is 0.355 e. The zero-order chi connectivity index (χ0) is 15.5. The third kappa shape index (κ3) is 2.60. The summed E-state index contributed by atoms with van der Waals surface area (Å²) < 4.78 is 12.0. The van der Waals surface area contributed by atoms with Gasteiger partial charge in [-0.2, -0.15) is 0 Å². The molecule has 22 heavy (non-hydrogen) atoms. The van der Waals surface area contributed by atoms with Gasteiger partial charge in [-0.3, -0.25) is 4.40 Å². The highest BCUT2D eigenvalue weighted by atomic mass is 35.5. The molecule has 2 heterocycles. The molecule has 0 spiro atoms. The van der Waals surface area contributed by atoms with Gasteiger partial charge in [0.05, 0.1) is 12.1 Å². The number of rotatable bonds is 4. The molecule has 3 rings (SSSR count). The van der Waals surface area contributed by atoms with Gasteiger partial charge in [0, 0.05) is 0 Å². The minimum Gasteiger partial charge on any atom is -0.484 e. The van der Waals surface area contributed by atoms with E-state index in [9.17, 15) is 4.79 Å². The van der Waals surface area contributed by atoms with Gasteiger partial charge in [-0.15, -0.1) is 10.2 Å². The molecule has 0 amide bonds. The van der Waals surface area contributed by atoms with E-state index in [0.29, 0.717) is 27.9 Å². The fourth-order valence-corrected chi connectivity index (χ4v) is 2.25. The summed E-state index contributed by atoms with van der Waals surface area (Å²) in [4.78, 5) is 11.8. The standard InChI is InChI=1S/C15H12ClN3O3/c1-21-15(20)11-6-4-8-13-17-18-14(19(11)13)9-22-12-7-3-2-5-10(12)16/h2-8H,9H2,1H3. The molecule has 0 saturated heterocycles. The van der Waals surface area contributed by atoms with Gasteiger partial charge in [-0.05, 0) is 24.3 Å². The first-order valence-electron chi connectivity index (χ1n) is 6.49. The number of benzene rings is 1. The molecular weight excluding hydrogens is 306 g/mol. The van der Waals surface area contributed by atoms with Crippen LogP contribution in [0.1, 0.15) is 16.3 Å². The normalized spacial score (nSPS) is 10.6. The number of hydrogen-bond donors (Lipinski definition) is 0. The van der Waals surface area contributed by atoms with E-state index in [1.807, 2.05) is 12.1 Å². The molecule has 3 aromatic rings. The van der Waals surface area contributed by atoms with Crippen molar-refractivity contribution in [1.82, 2.24) is 14.6 Å². The van der Waals surface area contributed by atoms with Gasteiger partial charge < -0.3 is 9.47 Å². The Balaban J connectivity index is 1.94. The fraction of sp³-hybridized carbons (Fsp3) is 0.133. The summed E-state index contributed by atoms with van der Waals surface area (Å²) in [6.07, 6.45) is 0. The SMILES string of the molecule is COC(=O)c1cccc2nnc(COc3ccccc3Cl)n12. The van der Waals surface area contributed by atoms with E-state index < -0.39 is 5.97 Å². The molecular formula is C15H12ClN3O3. The summed E-state index contributed by atoms with van der Waals surface area (Å²) in [5, 5.41) is 8.58. The Labute approximate surface area is 131 Å². The van der Waals surface area contributed by atoms with Crippen LogP contribution in [0, 0.1) is 0 Å². The maximum Gasteiger partial charge on any atom is 0.355 e. The number of methoxy groups -OCH3 is 1. The summed E-state index contributed by atoms with van der Waals surface area (Å²) in [7, 11) is 1.32. The minimum atomic E-state index is -0.468. The number of pyridine rings is 1. The number of carbonyl (C=O) groups is 1. The van der Waals surface area contributed by atoms with Crippen molar-refractivity contribution < 1.29 is 14.3 Å². The molecule has 1 aromatic carbocycles. The molecule has 0 saturated carbocycles. The first kappa shape index (κ1) is 14.3. The monoisotopic (exact) mass is 317 g/mol. The van der Waals surface area contributed by atoms with Crippen LogP contribution >= 0.6 is 11.6 Å². The predicted molar refractivity (Wildman–Crippen MR) is 80.1 cm³/mol. The van der Waals surface area contributed by atoms with E-state index in [-0.39, 0.29) is 6.61 Å². The Bertz CT molecular complexity index is 832. The first-order valence-corrected chi connectivity index (χ1v) is 6.87. The van der Waals surface area contributed by atoms with Crippen molar-refractivity contribution in [3.63, 3.8) is 0 Å². The van der Waals surface area contributed by atoms with Crippen molar-refractivity contribution in [3.8, 4) is 5.75 Å². The van der Waals surface area contributed by atoms with Crippen LogP contribution in [-0.2, 0) is 11.3 Å². The number of aromatic nitrogens is 3. The number of hydrogen-bond acceptors (Lipinski definition) is 5. The summed E-state index contributed by atoms with van der Waals surface area (Å²) in [6, 6.07) is 12.2. The van der Waals surface area contributed by atoms with Crippen LogP contribution in [0.2, 0.25) is 5.02 Å². The molecule has 0 bridgehead atoms. The van der Waals surface area contributed by atoms with Gasteiger partial charge in [-0.1, -0.05) is 29.8 Å². The van der Waals surface area contributed by atoms with E-state index in [4.69, 9.17) is 21.1 Å². The Kier molecular flexibility index (Phi) is 3.93. The Morgan fingerprint density at radius 1 is 1.18 bits per heavy atom. The zero-order valence-electron chi connectivity index (χ0n) is 11.7. The summed E-state index contributed by atoms with van der Waals surface area (Å²) >= 11 is 6.04. The van der Waals surface area contributed by atoms with Crippen LogP contribution in [0.5, 0.6) is 5.75 Å². The second-order valence-electron chi connectivity index (χ2n) is 4.43. The van der Waals surface area contributed by atoms with Crippen molar-refractivity contribution in [3.05, 3.63) is 59.0 Å². The van der Waals surface area contributed by atoms with Crippen LogP contribution in [0.15, 0.2) is 42.5 Å². The number of ether oxygens (including phenoxy) is 2. The maximum absolute atomic E-state index is 11.8. The third-order valence-electron chi connectivity index (χ3n) is 3.08. The van der Waals surface area contributed by atoms with Crippen LogP contribution < -0.4 is 4.74 Å². The van der Waals surface area contributed by atoms with Crippen molar-refractivity contribution in [2.75, 3.05) is 7.11 Å². The Morgan fingerprint density at radius 2 is 2.00 bits per heavy atom. The summed E-state index contributed by atoms with van der Waals surface area (Å²) in [5.74, 6) is 0.553.